The SMILES string of the molecule is Cn1ncc(Cl)c1C(NN)c1nc2ccccc2cc1Br. The van der Waals surface area contributed by atoms with E-state index in [0.29, 0.717) is 5.02 Å². The van der Waals surface area contributed by atoms with Crippen LogP contribution in [0.3, 0.4) is 0 Å². The van der Waals surface area contributed by atoms with Gasteiger partial charge in [-0.25, -0.2) is 10.4 Å². The zero-order valence-electron chi connectivity index (χ0n) is 11.2. The molecule has 0 saturated carbocycles. The first-order valence-electron chi connectivity index (χ1n) is 6.30. The summed E-state index contributed by atoms with van der Waals surface area (Å²) in [7, 11) is 1.82. The van der Waals surface area contributed by atoms with E-state index in [1.54, 1.807) is 10.9 Å². The van der Waals surface area contributed by atoms with E-state index in [4.69, 9.17) is 22.4 Å². The molecular weight excluding hydrogens is 354 g/mol. The summed E-state index contributed by atoms with van der Waals surface area (Å²) in [5, 5.41) is 5.75. The van der Waals surface area contributed by atoms with Gasteiger partial charge < -0.3 is 0 Å². The van der Waals surface area contributed by atoms with Gasteiger partial charge in [0.1, 0.15) is 6.04 Å². The molecule has 108 valence electrons. The summed E-state index contributed by atoms with van der Waals surface area (Å²) in [4.78, 5) is 4.69. The minimum absolute atomic E-state index is 0.357. The summed E-state index contributed by atoms with van der Waals surface area (Å²) < 4.78 is 2.55. The number of hydrogen-bond donors (Lipinski definition) is 2. The Labute approximate surface area is 135 Å². The van der Waals surface area contributed by atoms with E-state index in [-0.39, 0.29) is 6.04 Å². The first-order chi connectivity index (χ1) is 10.1. The Morgan fingerprint density at radius 3 is 2.81 bits per heavy atom. The molecule has 2 aromatic heterocycles. The molecule has 2 heterocycles. The van der Waals surface area contributed by atoms with Gasteiger partial charge in [0.15, 0.2) is 0 Å². The van der Waals surface area contributed by atoms with Gasteiger partial charge in [-0.1, -0.05) is 29.8 Å². The fraction of sp³-hybridized carbons (Fsp3) is 0.143. The maximum absolute atomic E-state index is 6.22. The summed E-state index contributed by atoms with van der Waals surface area (Å²) in [6.07, 6.45) is 1.59. The molecule has 0 aliphatic rings. The summed E-state index contributed by atoms with van der Waals surface area (Å²) in [5.41, 5.74) is 5.20. The van der Waals surface area contributed by atoms with Crippen molar-refractivity contribution >= 4 is 38.4 Å². The number of nitrogens with one attached hydrogen (secondary N) is 1. The van der Waals surface area contributed by atoms with Gasteiger partial charge >= 0.3 is 0 Å². The van der Waals surface area contributed by atoms with Gasteiger partial charge in [-0.05, 0) is 28.1 Å². The van der Waals surface area contributed by atoms with Gasteiger partial charge in [0, 0.05) is 16.9 Å². The highest BCUT2D eigenvalue weighted by molar-refractivity contribution is 9.10. The Hall–Kier alpha value is -1.47. The molecule has 3 rings (SSSR count). The number of halogens is 2. The molecule has 0 saturated heterocycles. The fourth-order valence-electron chi connectivity index (χ4n) is 2.34. The minimum Gasteiger partial charge on any atom is -0.270 e. The predicted molar refractivity (Wildman–Crippen MR) is 86.8 cm³/mol. The summed E-state index contributed by atoms with van der Waals surface area (Å²) in [5.74, 6) is 5.74. The lowest BCUT2D eigenvalue weighted by Crippen LogP contribution is -2.31. The van der Waals surface area contributed by atoms with Crippen molar-refractivity contribution in [2.24, 2.45) is 12.9 Å². The van der Waals surface area contributed by atoms with E-state index in [1.165, 1.54) is 0 Å². The molecule has 21 heavy (non-hydrogen) atoms. The van der Waals surface area contributed by atoms with Gasteiger partial charge in [0.05, 0.1) is 28.1 Å². The molecule has 1 atom stereocenters. The second-order valence-electron chi connectivity index (χ2n) is 4.65. The van der Waals surface area contributed by atoms with Crippen molar-refractivity contribution in [3.05, 3.63) is 57.4 Å². The Kier molecular flexibility index (Phi) is 3.95. The first kappa shape index (κ1) is 14.5. The number of hydrazine groups is 1. The lowest BCUT2D eigenvalue weighted by Gasteiger charge is -2.18. The molecule has 0 fully saturated rings. The van der Waals surface area contributed by atoms with Crippen LogP contribution >= 0.6 is 27.5 Å². The molecule has 3 N–H and O–H groups in total. The quantitative estimate of drug-likeness (QED) is 0.552. The first-order valence-corrected chi connectivity index (χ1v) is 7.47. The van der Waals surface area contributed by atoms with Crippen molar-refractivity contribution in [3.8, 4) is 0 Å². The molecule has 5 nitrogen and oxygen atoms in total. The zero-order valence-corrected chi connectivity index (χ0v) is 13.6. The van der Waals surface area contributed by atoms with Crippen molar-refractivity contribution in [2.75, 3.05) is 0 Å². The second kappa shape index (κ2) is 5.73. The molecule has 0 aliphatic heterocycles. The number of aryl methyl sites for hydroxylation is 1. The normalized spacial score (nSPS) is 12.8. The molecule has 0 amide bonds. The molecule has 1 unspecified atom stereocenters. The van der Waals surface area contributed by atoms with Gasteiger partial charge in [0.25, 0.3) is 0 Å². The van der Waals surface area contributed by atoms with E-state index in [0.717, 1.165) is 26.8 Å². The number of benzene rings is 1. The van der Waals surface area contributed by atoms with Crippen LogP contribution in [0.25, 0.3) is 10.9 Å². The summed E-state index contributed by atoms with van der Waals surface area (Å²) in [6.45, 7) is 0. The molecule has 7 heteroatoms. The number of nitrogens with two attached hydrogens (primary N) is 1. The number of nitrogens with zero attached hydrogens (tertiary/aromatic N) is 3. The molecule has 0 spiro atoms. The highest BCUT2D eigenvalue weighted by Crippen LogP contribution is 2.32. The Balaban J connectivity index is 2.19. The Morgan fingerprint density at radius 1 is 1.38 bits per heavy atom. The van der Waals surface area contributed by atoms with Crippen LogP contribution in [-0.2, 0) is 7.05 Å². The van der Waals surface area contributed by atoms with Crippen LogP contribution < -0.4 is 11.3 Å². The van der Waals surface area contributed by atoms with Crippen LogP contribution in [0.2, 0.25) is 5.02 Å². The van der Waals surface area contributed by atoms with Gasteiger partial charge in [-0.15, -0.1) is 0 Å². The highest BCUT2D eigenvalue weighted by Gasteiger charge is 2.23. The molecule has 0 radical (unpaired) electrons. The Morgan fingerprint density at radius 2 is 2.14 bits per heavy atom. The van der Waals surface area contributed by atoms with E-state index in [2.05, 4.69) is 26.5 Å². The predicted octanol–water partition coefficient (Wildman–Crippen LogP) is 2.94. The average molecular weight is 367 g/mol. The van der Waals surface area contributed by atoms with Crippen molar-refractivity contribution in [2.45, 2.75) is 6.04 Å². The number of fused-ring (bicyclic) bond motifs is 1. The van der Waals surface area contributed by atoms with Crippen molar-refractivity contribution in [1.82, 2.24) is 20.2 Å². The van der Waals surface area contributed by atoms with E-state index in [1.807, 2.05) is 37.4 Å². The largest absolute Gasteiger partial charge is 0.270 e. The lowest BCUT2D eigenvalue weighted by molar-refractivity contribution is 0.563. The third-order valence-electron chi connectivity index (χ3n) is 3.36. The van der Waals surface area contributed by atoms with Crippen molar-refractivity contribution in [1.29, 1.82) is 0 Å². The van der Waals surface area contributed by atoms with E-state index < -0.39 is 0 Å². The standard InChI is InChI=1S/C14H13BrClN5/c1-21-14(10(16)7-18-21)13(20-17)12-9(15)6-8-4-2-3-5-11(8)19-12/h2-7,13,20H,17H2,1H3. The second-order valence-corrected chi connectivity index (χ2v) is 5.91. The van der Waals surface area contributed by atoms with Crippen molar-refractivity contribution < 1.29 is 0 Å². The lowest BCUT2D eigenvalue weighted by atomic mass is 10.1. The van der Waals surface area contributed by atoms with Gasteiger partial charge in [0.2, 0.25) is 0 Å². The average Bonchev–Trinajstić information content (AvgIpc) is 2.81. The van der Waals surface area contributed by atoms with Crippen molar-refractivity contribution in [3.63, 3.8) is 0 Å². The molecular formula is C14H13BrClN5. The number of para-hydroxylation sites is 1. The van der Waals surface area contributed by atoms with Crippen LogP contribution in [0.5, 0.6) is 0 Å². The smallest absolute Gasteiger partial charge is 0.107 e. The number of pyridine rings is 1. The molecule has 1 aromatic carbocycles. The molecule has 0 aliphatic carbocycles. The maximum atomic E-state index is 6.22. The van der Waals surface area contributed by atoms with Crippen LogP contribution in [0.4, 0.5) is 0 Å². The minimum atomic E-state index is -0.357. The zero-order chi connectivity index (χ0) is 15.0. The molecule has 0 bridgehead atoms. The third-order valence-corrected chi connectivity index (χ3v) is 4.28. The molecule has 3 aromatic rings. The van der Waals surface area contributed by atoms with Crippen LogP contribution in [-0.4, -0.2) is 14.8 Å². The van der Waals surface area contributed by atoms with E-state index >= 15 is 0 Å². The summed E-state index contributed by atoms with van der Waals surface area (Å²) >= 11 is 9.78. The Bertz CT molecular complexity index is 782. The number of aromatic nitrogens is 3. The highest BCUT2D eigenvalue weighted by atomic mass is 79.9. The van der Waals surface area contributed by atoms with Crippen LogP contribution in [0.15, 0.2) is 41.0 Å². The third kappa shape index (κ3) is 2.55. The van der Waals surface area contributed by atoms with Gasteiger partial charge in [-0.3, -0.25) is 10.5 Å². The van der Waals surface area contributed by atoms with Crippen LogP contribution in [0, 0.1) is 0 Å². The van der Waals surface area contributed by atoms with Crippen LogP contribution in [0.1, 0.15) is 17.4 Å². The van der Waals surface area contributed by atoms with Gasteiger partial charge in [-0.2, -0.15) is 5.10 Å². The van der Waals surface area contributed by atoms with E-state index in [9.17, 15) is 0 Å². The number of hydrogen-bond acceptors (Lipinski definition) is 4. The fourth-order valence-corrected chi connectivity index (χ4v) is 3.18. The number of rotatable bonds is 3. The summed E-state index contributed by atoms with van der Waals surface area (Å²) in [6, 6.07) is 9.57. The monoisotopic (exact) mass is 365 g/mol. The maximum Gasteiger partial charge on any atom is 0.107 e. The topological polar surface area (TPSA) is 68.8 Å².